The minimum atomic E-state index is -3.54. The van der Waals surface area contributed by atoms with Crippen LogP contribution in [0.25, 0.3) is 0 Å². The fourth-order valence-corrected chi connectivity index (χ4v) is 4.46. The van der Waals surface area contributed by atoms with Crippen LogP contribution in [0.4, 0.5) is 0 Å². The third kappa shape index (κ3) is 3.51. The summed E-state index contributed by atoms with van der Waals surface area (Å²) in [5, 5.41) is 0.291. The molecule has 0 radical (unpaired) electrons. The molecule has 21 heavy (non-hydrogen) atoms. The Morgan fingerprint density at radius 2 is 2.19 bits per heavy atom. The number of halogens is 1. The lowest BCUT2D eigenvalue weighted by molar-refractivity contribution is 0.243. The quantitative estimate of drug-likeness (QED) is 0.916. The van der Waals surface area contributed by atoms with Crippen LogP contribution in [0, 0.1) is 5.92 Å². The summed E-state index contributed by atoms with van der Waals surface area (Å²) in [6.07, 6.45) is 1.79. The first-order valence-electron chi connectivity index (χ1n) is 6.95. The Morgan fingerprint density at radius 3 is 2.76 bits per heavy atom. The van der Waals surface area contributed by atoms with Crippen molar-refractivity contribution in [2.75, 3.05) is 20.2 Å². The normalized spacial score (nSPS) is 22.0. The van der Waals surface area contributed by atoms with E-state index in [0.29, 0.717) is 23.9 Å². The van der Waals surface area contributed by atoms with Crippen LogP contribution in [-0.2, 0) is 10.0 Å². The number of ether oxygens (including phenoxy) is 1. The van der Waals surface area contributed by atoms with Crippen LogP contribution in [0.2, 0.25) is 5.02 Å². The van der Waals surface area contributed by atoms with Gasteiger partial charge in [-0.15, -0.1) is 0 Å². The summed E-state index contributed by atoms with van der Waals surface area (Å²) in [6.45, 7) is 2.91. The standard InChI is InChI=1S/C14H21ClN2O3S/c1-10(16)11-4-3-7-17(9-11)21(18,19)12-5-6-14(20-2)13(15)8-12/h5-6,8,10-11H,3-4,7,9,16H2,1-2H3/t10-,11+/m0/s1. The summed E-state index contributed by atoms with van der Waals surface area (Å²) in [5.74, 6) is 0.657. The van der Waals surface area contributed by atoms with E-state index in [-0.39, 0.29) is 16.9 Å². The summed E-state index contributed by atoms with van der Waals surface area (Å²) < 4.78 is 31.9. The van der Waals surface area contributed by atoms with Crippen LogP contribution in [0.3, 0.4) is 0 Å². The second kappa shape index (κ2) is 6.52. The van der Waals surface area contributed by atoms with Crippen LogP contribution in [-0.4, -0.2) is 39.0 Å². The van der Waals surface area contributed by atoms with Gasteiger partial charge in [-0.3, -0.25) is 0 Å². The summed E-state index contributed by atoms with van der Waals surface area (Å²) in [7, 11) is -2.04. The molecular weight excluding hydrogens is 312 g/mol. The molecule has 0 spiro atoms. The van der Waals surface area contributed by atoms with Crippen molar-refractivity contribution in [3.8, 4) is 5.75 Å². The summed E-state index contributed by atoms with van der Waals surface area (Å²) >= 11 is 6.03. The van der Waals surface area contributed by atoms with Gasteiger partial charge in [0.05, 0.1) is 17.0 Å². The van der Waals surface area contributed by atoms with Gasteiger partial charge in [-0.1, -0.05) is 11.6 Å². The lowest BCUT2D eigenvalue weighted by Crippen LogP contribution is -2.44. The monoisotopic (exact) mass is 332 g/mol. The first kappa shape index (κ1) is 16.5. The lowest BCUT2D eigenvalue weighted by atomic mass is 9.93. The fourth-order valence-electron chi connectivity index (χ4n) is 2.58. The van der Waals surface area contributed by atoms with Crippen molar-refractivity contribution in [3.05, 3.63) is 23.2 Å². The molecule has 0 unspecified atom stereocenters. The minimum Gasteiger partial charge on any atom is -0.495 e. The number of hydrogen-bond donors (Lipinski definition) is 1. The van der Waals surface area contributed by atoms with Crippen molar-refractivity contribution >= 4 is 21.6 Å². The molecule has 0 aliphatic carbocycles. The van der Waals surface area contributed by atoms with Gasteiger partial charge in [-0.25, -0.2) is 8.42 Å². The second-order valence-corrected chi connectivity index (χ2v) is 7.77. The Labute approximate surface area is 131 Å². The van der Waals surface area contributed by atoms with E-state index < -0.39 is 10.0 Å². The highest BCUT2D eigenvalue weighted by atomic mass is 35.5. The summed E-state index contributed by atoms with van der Waals surface area (Å²) in [4.78, 5) is 0.193. The van der Waals surface area contributed by atoms with Crippen molar-refractivity contribution in [2.45, 2.75) is 30.7 Å². The van der Waals surface area contributed by atoms with E-state index >= 15 is 0 Å². The zero-order valence-electron chi connectivity index (χ0n) is 12.3. The molecule has 0 saturated carbocycles. The molecule has 0 bridgehead atoms. The molecule has 1 fully saturated rings. The SMILES string of the molecule is COc1ccc(S(=O)(=O)N2CCC[C@@H]([C@H](C)N)C2)cc1Cl. The van der Waals surface area contributed by atoms with E-state index in [9.17, 15) is 8.42 Å². The van der Waals surface area contributed by atoms with E-state index in [0.717, 1.165) is 12.8 Å². The number of nitrogens with two attached hydrogens (primary N) is 1. The highest BCUT2D eigenvalue weighted by Gasteiger charge is 2.31. The third-order valence-electron chi connectivity index (χ3n) is 3.93. The van der Waals surface area contributed by atoms with Crippen LogP contribution in [0.15, 0.2) is 23.1 Å². The zero-order valence-corrected chi connectivity index (χ0v) is 13.8. The highest BCUT2D eigenvalue weighted by Crippen LogP contribution is 2.30. The van der Waals surface area contributed by atoms with Crippen molar-refractivity contribution < 1.29 is 13.2 Å². The molecule has 118 valence electrons. The topological polar surface area (TPSA) is 72.6 Å². The number of piperidine rings is 1. The third-order valence-corrected chi connectivity index (χ3v) is 6.08. The molecule has 1 heterocycles. The molecule has 1 aromatic carbocycles. The van der Waals surface area contributed by atoms with E-state index in [4.69, 9.17) is 22.1 Å². The van der Waals surface area contributed by atoms with Gasteiger partial charge in [0.1, 0.15) is 5.75 Å². The highest BCUT2D eigenvalue weighted by molar-refractivity contribution is 7.89. The first-order valence-corrected chi connectivity index (χ1v) is 8.77. The van der Waals surface area contributed by atoms with Gasteiger partial charge in [0.15, 0.2) is 0 Å². The van der Waals surface area contributed by atoms with Gasteiger partial charge < -0.3 is 10.5 Å². The Bertz CT molecular complexity index is 604. The first-order chi connectivity index (χ1) is 9.86. The summed E-state index contributed by atoms with van der Waals surface area (Å²) in [6, 6.07) is 4.52. The van der Waals surface area contributed by atoms with E-state index in [2.05, 4.69) is 0 Å². The van der Waals surface area contributed by atoms with Gasteiger partial charge >= 0.3 is 0 Å². The second-order valence-electron chi connectivity index (χ2n) is 5.42. The Kier molecular flexibility index (Phi) is 5.14. The molecule has 2 N–H and O–H groups in total. The number of rotatable bonds is 4. The maximum Gasteiger partial charge on any atom is 0.243 e. The van der Waals surface area contributed by atoms with E-state index in [1.165, 1.54) is 23.5 Å². The summed E-state index contributed by atoms with van der Waals surface area (Å²) in [5.41, 5.74) is 5.91. The molecule has 1 aromatic rings. The number of nitrogens with zero attached hydrogens (tertiary/aromatic N) is 1. The van der Waals surface area contributed by atoms with Crippen molar-refractivity contribution in [1.82, 2.24) is 4.31 Å². The van der Waals surface area contributed by atoms with Crippen LogP contribution >= 0.6 is 11.6 Å². The molecule has 5 nitrogen and oxygen atoms in total. The zero-order chi connectivity index (χ0) is 15.6. The number of methoxy groups -OCH3 is 1. The van der Waals surface area contributed by atoms with Gasteiger partial charge in [-0.2, -0.15) is 4.31 Å². The number of benzene rings is 1. The maximum absolute atomic E-state index is 12.7. The fraction of sp³-hybridized carbons (Fsp3) is 0.571. The van der Waals surface area contributed by atoms with Gasteiger partial charge in [-0.05, 0) is 43.9 Å². The molecule has 2 rings (SSSR count). The van der Waals surface area contributed by atoms with Crippen molar-refractivity contribution in [1.29, 1.82) is 0 Å². The smallest absolute Gasteiger partial charge is 0.243 e. The van der Waals surface area contributed by atoms with Gasteiger partial charge in [0.2, 0.25) is 10.0 Å². The molecule has 0 aromatic heterocycles. The Morgan fingerprint density at radius 1 is 1.48 bits per heavy atom. The molecule has 1 aliphatic rings. The van der Waals surface area contributed by atoms with Crippen molar-refractivity contribution in [2.24, 2.45) is 11.7 Å². The van der Waals surface area contributed by atoms with E-state index in [1.807, 2.05) is 6.92 Å². The van der Waals surface area contributed by atoms with Crippen LogP contribution < -0.4 is 10.5 Å². The average Bonchev–Trinajstić information content (AvgIpc) is 2.47. The predicted molar refractivity (Wildman–Crippen MR) is 83.1 cm³/mol. The van der Waals surface area contributed by atoms with Gasteiger partial charge in [0, 0.05) is 19.1 Å². The Hall–Kier alpha value is -0.820. The largest absolute Gasteiger partial charge is 0.495 e. The van der Waals surface area contributed by atoms with Crippen molar-refractivity contribution in [3.63, 3.8) is 0 Å². The predicted octanol–water partition coefficient (Wildman–Crippen LogP) is 2.10. The number of hydrogen-bond acceptors (Lipinski definition) is 4. The number of sulfonamides is 1. The molecule has 1 aliphatic heterocycles. The average molecular weight is 333 g/mol. The molecule has 0 amide bonds. The maximum atomic E-state index is 12.7. The molecule has 2 atom stereocenters. The van der Waals surface area contributed by atoms with Crippen LogP contribution in [0.1, 0.15) is 19.8 Å². The van der Waals surface area contributed by atoms with E-state index in [1.54, 1.807) is 6.07 Å². The van der Waals surface area contributed by atoms with Crippen LogP contribution in [0.5, 0.6) is 5.75 Å². The molecular formula is C14H21ClN2O3S. The molecule has 7 heteroatoms. The lowest BCUT2D eigenvalue weighted by Gasteiger charge is -2.33. The minimum absolute atomic E-state index is 0.0116. The molecule has 1 saturated heterocycles. The van der Waals surface area contributed by atoms with Gasteiger partial charge in [0.25, 0.3) is 0 Å². The Balaban J connectivity index is 2.27.